The van der Waals surface area contributed by atoms with Crippen molar-refractivity contribution < 1.29 is 19.6 Å². The van der Waals surface area contributed by atoms with E-state index in [1.54, 1.807) is 6.92 Å². The van der Waals surface area contributed by atoms with E-state index in [2.05, 4.69) is 4.98 Å². The summed E-state index contributed by atoms with van der Waals surface area (Å²) in [7, 11) is 0. The number of imidazole rings is 1. The largest absolute Gasteiger partial charge is 0.434 e. The number of nitrogens with two attached hydrogens (primary N) is 2. The van der Waals surface area contributed by atoms with E-state index in [0.717, 1.165) is 0 Å². The first-order chi connectivity index (χ1) is 10.4. The number of aliphatic hydroxyl groups excluding tert-OH is 1. The number of aryl methyl sites for hydroxylation is 1. The molecule has 0 saturated carbocycles. The van der Waals surface area contributed by atoms with Gasteiger partial charge in [-0.3, -0.25) is 4.79 Å². The number of Topliss-reactive ketones (excluding diaryl/α,β-unsaturated/α-hetero) is 1. The average Bonchev–Trinajstić information content (AvgIpc) is 2.97. The lowest BCUT2D eigenvalue weighted by atomic mass is 10.0. The van der Waals surface area contributed by atoms with Gasteiger partial charge in [-0.1, -0.05) is 11.9 Å². The van der Waals surface area contributed by atoms with E-state index in [9.17, 15) is 14.9 Å². The van der Waals surface area contributed by atoms with Gasteiger partial charge in [-0.15, -0.1) is 0 Å². The van der Waals surface area contributed by atoms with Crippen molar-refractivity contribution in [2.24, 2.45) is 17.4 Å². The predicted molar refractivity (Wildman–Crippen MR) is 76.7 cm³/mol. The predicted octanol–water partition coefficient (Wildman–Crippen LogP) is -0.992. The number of nitrogens with zero attached hydrogens (tertiary/aromatic N) is 3. The number of aromatic nitrogens is 2. The molecule has 5 N–H and O–H groups in total. The number of ketones is 1. The Bertz CT molecular complexity index is 502. The smallest absolute Gasteiger partial charge is 0.394 e. The molecule has 0 aromatic carbocycles. The first-order valence-electron chi connectivity index (χ1n) is 6.80. The van der Waals surface area contributed by atoms with E-state index in [0.29, 0.717) is 0 Å². The van der Waals surface area contributed by atoms with Crippen LogP contribution in [0.25, 0.3) is 0 Å². The topological polar surface area (TPSA) is 160 Å². The van der Waals surface area contributed by atoms with Crippen LogP contribution < -0.4 is 11.5 Å². The third-order valence-corrected chi connectivity index (χ3v) is 3.27. The van der Waals surface area contributed by atoms with E-state index in [1.165, 1.54) is 17.0 Å². The molecule has 124 valence electrons. The Morgan fingerprint density at radius 2 is 2.32 bits per heavy atom. The molecule has 1 heterocycles. The maximum absolute atomic E-state index is 12.1. The van der Waals surface area contributed by atoms with Gasteiger partial charge in [0.1, 0.15) is 24.4 Å². The molecule has 1 aromatic rings. The molecule has 0 spiro atoms. The SMILES string of the molecule is CC(C(=O)CCn1ccnc1[N+](=O)[O-])C(N)OC(CN)CO. The normalized spacial score (nSPS) is 15.3. The van der Waals surface area contributed by atoms with Crippen LogP contribution in [-0.4, -0.2) is 50.8 Å². The lowest BCUT2D eigenvalue weighted by molar-refractivity contribution is -0.396. The Morgan fingerprint density at radius 3 is 2.86 bits per heavy atom. The van der Waals surface area contributed by atoms with Crippen molar-refractivity contribution >= 4 is 11.7 Å². The van der Waals surface area contributed by atoms with Crippen molar-refractivity contribution in [3.05, 3.63) is 22.5 Å². The molecule has 1 rings (SSSR count). The van der Waals surface area contributed by atoms with Crippen LogP contribution in [0.1, 0.15) is 13.3 Å². The molecule has 0 amide bonds. The standard InChI is InChI=1S/C12H21N5O5/c1-8(11(14)22-9(6-13)7-18)10(19)2-4-16-5-3-15-12(16)17(20)21/h3,5,8-9,11,18H,2,4,6-7,13-14H2,1H3. The number of aliphatic hydroxyl groups is 1. The lowest BCUT2D eigenvalue weighted by Crippen LogP contribution is -2.42. The minimum Gasteiger partial charge on any atom is -0.394 e. The van der Waals surface area contributed by atoms with Gasteiger partial charge in [-0.2, -0.15) is 0 Å². The number of carbonyl (C=O) groups is 1. The highest BCUT2D eigenvalue weighted by Crippen LogP contribution is 2.12. The summed E-state index contributed by atoms with van der Waals surface area (Å²) < 4.78 is 6.57. The highest BCUT2D eigenvalue weighted by molar-refractivity contribution is 5.81. The zero-order valence-corrected chi connectivity index (χ0v) is 12.3. The summed E-state index contributed by atoms with van der Waals surface area (Å²) in [6, 6.07) is 0. The molecule has 3 atom stereocenters. The Balaban J connectivity index is 2.53. The number of ether oxygens (including phenoxy) is 1. The van der Waals surface area contributed by atoms with Gasteiger partial charge in [0.05, 0.1) is 25.2 Å². The number of hydrogen-bond donors (Lipinski definition) is 3. The van der Waals surface area contributed by atoms with Crippen LogP contribution in [0.4, 0.5) is 5.95 Å². The van der Waals surface area contributed by atoms with Crippen molar-refractivity contribution in [2.75, 3.05) is 13.2 Å². The van der Waals surface area contributed by atoms with E-state index >= 15 is 0 Å². The summed E-state index contributed by atoms with van der Waals surface area (Å²) in [6.07, 6.45) is 1.27. The Hall–Kier alpha value is -1.88. The molecule has 0 fully saturated rings. The molecule has 22 heavy (non-hydrogen) atoms. The zero-order valence-electron chi connectivity index (χ0n) is 12.3. The second-order valence-corrected chi connectivity index (χ2v) is 4.82. The van der Waals surface area contributed by atoms with Crippen molar-refractivity contribution in [2.45, 2.75) is 32.2 Å². The second-order valence-electron chi connectivity index (χ2n) is 4.82. The summed E-state index contributed by atoms with van der Waals surface area (Å²) >= 11 is 0. The third kappa shape index (κ3) is 4.84. The van der Waals surface area contributed by atoms with Gasteiger partial charge in [-0.05, 0) is 4.92 Å². The van der Waals surface area contributed by atoms with Gasteiger partial charge >= 0.3 is 5.95 Å². The van der Waals surface area contributed by atoms with Crippen molar-refractivity contribution in [3.63, 3.8) is 0 Å². The molecule has 10 heteroatoms. The highest BCUT2D eigenvalue weighted by atomic mass is 16.6. The summed E-state index contributed by atoms with van der Waals surface area (Å²) in [5, 5.41) is 19.7. The fourth-order valence-electron chi connectivity index (χ4n) is 1.80. The Labute approximate surface area is 127 Å². The van der Waals surface area contributed by atoms with Crippen LogP contribution >= 0.6 is 0 Å². The number of carbonyl (C=O) groups excluding carboxylic acids is 1. The second kappa shape index (κ2) is 8.54. The summed E-state index contributed by atoms with van der Waals surface area (Å²) in [4.78, 5) is 25.8. The minimum absolute atomic E-state index is 0.0574. The molecule has 0 aliphatic carbocycles. The highest BCUT2D eigenvalue weighted by Gasteiger charge is 2.24. The quantitative estimate of drug-likeness (QED) is 0.282. The lowest BCUT2D eigenvalue weighted by Gasteiger charge is -2.23. The van der Waals surface area contributed by atoms with Crippen LogP contribution in [0.2, 0.25) is 0 Å². The molecule has 3 unspecified atom stereocenters. The third-order valence-electron chi connectivity index (χ3n) is 3.27. The molecular weight excluding hydrogens is 294 g/mol. The summed E-state index contributed by atoms with van der Waals surface area (Å²) in [6.45, 7) is 1.53. The molecule has 1 aromatic heterocycles. The van der Waals surface area contributed by atoms with Crippen LogP contribution in [-0.2, 0) is 16.1 Å². The maximum atomic E-state index is 12.1. The minimum atomic E-state index is -0.897. The first kappa shape index (κ1) is 18.2. The van der Waals surface area contributed by atoms with Gasteiger partial charge in [0, 0.05) is 13.0 Å². The van der Waals surface area contributed by atoms with Gasteiger partial charge in [0.15, 0.2) is 0 Å². The Kier molecular flexibility index (Phi) is 7.05. The van der Waals surface area contributed by atoms with Gasteiger partial charge in [0.2, 0.25) is 0 Å². The first-order valence-corrected chi connectivity index (χ1v) is 6.80. The van der Waals surface area contributed by atoms with Crippen LogP contribution in [0.5, 0.6) is 0 Å². The molecule has 0 saturated heterocycles. The number of rotatable bonds is 10. The Morgan fingerprint density at radius 1 is 1.64 bits per heavy atom. The number of nitro groups is 1. The van der Waals surface area contributed by atoms with E-state index in [1.807, 2.05) is 0 Å². The molecule has 0 aliphatic heterocycles. The molecule has 10 nitrogen and oxygen atoms in total. The number of hydrogen-bond acceptors (Lipinski definition) is 8. The maximum Gasteiger partial charge on any atom is 0.434 e. The van der Waals surface area contributed by atoms with E-state index in [4.69, 9.17) is 21.3 Å². The molecule has 0 aliphatic rings. The van der Waals surface area contributed by atoms with Crippen molar-refractivity contribution in [1.29, 1.82) is 0 Å². The molecule has 0 bridgehead atoms. The summed E-state index contributed by atoms with van der Waals surface area (Å²) in [5.74, 6) is -1.14. The fraction of sp³-hybridized carbons (Fsp3) is 0.667. The zero-order chi connectivity index (χ0) is 16.7. The van der Waals surface area contributed by atoms with Crippen LogP contribution in [0, 0.1) is 16.0 Å². The average molecular weight is 315 g/mol. The van der Waals surface area contributed by atoms with Crippen LogP contribution in [0.3, 0.4) is 0 Å². The van der Waals surface area contributed by atoms with Crippen molar-refractivity contribution in [1.82, 2.24) is 9.55 Å². The summed E-state index contributed by atoms with van der Waals surface area (Å²) in [5.41, 5.74) is 11.1. The fourth-order valence-corrected chi connectivity index (χ4v) is 1.80. The monoisotopic (exact) mass is 315 g/mol. The van der Waals surface area contributed by atoms with Gasteiger partial charge in [-0.25, -0.2) is 4.57 Å². The van der Waals surface area contributed by atoms with Gasteiger partial charge < -0.3 is 31.4 Å². The molecular formula is C12H21N5O5. The van der Waals surface area contributed by atoms with Crippen molar-refractivity contribution in [3.8, 4) is 0 Å². The molecule has 0 radical (unpaired) electrons. The van der Waals surface area contributed by atoms with Gasteiger partial charge in [0.25, 0.3) is 0 Å². The van der Waals surface area contributed by atoms with E-state index < -0.39 is 23.2 Å². The van der Waals surface area contributed by atoms with E-state index in [-0.39, 0.29) is 37.8 Å². The van der Waals surface area contributed by atoms with Crippen LogP contribution in [0.15, 0.2) is 12.4 Å².